The number of hydrogen-bond acceptors (Lipinski definition) is 3. The Balaban J connectivity index is 0. The van der Waals surface area contributed by atoms with Crippen LogP contribution in [0.25, 0.3) is 0 Å². The second kappa shape index (κ2) is 3.56. The maximum atomic E-state index is 9.63. The van der Waals surface area contributed by atoms with Crippen LogP contribution in [0.5, 0.6) is 0 Å². The van der Waals surface area contributed by atoms with Gasteiger partial charge in [-0.15, -0.1) is 0 Å². The van der Waals surface area contributed by atoms with E-state index in [9.17, 15) is 9.13 Å². The summed E-state index contributed by atoms with van der Waals surface area (Å²) in [7, 11) is -10.1. The minimum atomic E-state index is -5.05. The van der Waals surface area contributed by atoms with E-state index in [2.05, 4.69) is 4.31 Å². The van der Waals surface area contributed by atoms with Gasteiger partial charge in [-0.1, -0.05) is 0 Å². The molecule has 6 N–H and O–H groups in total. The van der Waals surface area contributed by atoms with Gasteiger partial charge in [-0.3, -0.25) is 0 Å². The summed E-state index contributed by atoms with van der Waals surface area (Å²) in [6, 6.07) is 0. The molecule has 0 radical (unpaired) electrons. The predicted octanol–water partition coefficient (Wildman–Crippen LogP) is -1.64. The standard InChI is InChI=1S/H4O7P2.H2O/c1-8(2,3)7-9(4,5)6;/h(H2,1,2,3)(H2,4,5,6);1H2. The highest BCUT2D eigenvalue weighted by molar-refractivity contribution is 7.60. The molecule has 0 aliphatic carbocycles. The van der Waals surface area contributed by atoms with E-state index in [1.807, 2.05) is 0 Å². The van der Waals surface area contributed by atoms with Gasteiger partial charge >= 0.3 is 15.6 Å². The quantitative estimate of drug-likeness (QED) is 0.386. The second-order valence-electron chi connectivity index (χ2n) is 1.06. The molecule has 0 amide bonds. The van der Waals surface area contributed by atoms with Crippen molar-refractivity contribution in [2.24, 2.45) is 0 Å². The molecule has 0 saturated carbocycles. The van der Waals surface area contributed by atoms with Crippen molar-refractivity contribution in [2.75, 3.05) is 0 Å². The lowest BCUT2D eigenvalue weighted by atomic mass is 15.7. The Labute approximate surface area is 55.2 Å². The molecule has 0 aliphatic heterocycles. The molecule has 0 aromatic heterocycles. The summed E-state index contributed by atoms with van der Waals surface area (Å²) in [6.45, 7) is 0. The van der Waals surface area contributed by atoms with Crippen LogP contribution in [-0.2, 0) is 13.4 Å². The van der Waals surface area contributed by atoms with Crippen molar-refractivity contribution in [2.45, 2.75) is 0 Å². The van der Waals surface area contributed by atoms with E-state index in [4.69, 9.17) is 19.6 Å². The van der Waals surface area contributed by atoms with E-state index in [1.165, 1.54) is 0 Å². The molecule has 64 valence electrons. The summed E-state index contributed by atoms with van der Waals surface area (Å²) in [5.74, 6) is 0. The summed E-state index contributed by atoms with van der Waals surface area (Å²) in [5.41, 5.74) is 0. The smallest absolute Gasteiger partial charge is 0.412 e. The highest BCUT2D eigenvalue weighted by Crippen LogP contribution is 2.53. The van der Waals surface area contributed by atoms with Crippen LogP contribution in [0.2, 0.25) is 0 Å². The van der Waals surface area contributed by atoms with Gasteiger partial charge in [0, 0.05) is 0 Å². The zero-order chi connectivity index (χ0) is 7.71. The number of phosphoric acid groups is 2. The third kappa shape index (κ3) is 11.1. The Hall–Kier alpha value is 0.220. The summed E-state index contributed by atoms with van der Waals surface area (Å²) < 4.78 is 22.2. The summed E-state index contributed by atoms with van der Waals surface area (Å²) >= 11 is 0. The van der Waals surface area contributed by atoms with Crippen LogP contribution in [0.4, 0.5) is 0 Å². The van der Waals surface area contributed by atoms with Crippen LogP contribution < -0.4 is 0 Å². The zero-order valence-electron chi connectivity index (χ0n) is 4.41. The molecular formula is H6O8P2. The molecule has 0 fully saturated rings. The first kappa shape index (κ1) is 12.9. The van der Waals surface area contributed by atoms with Gasteiger partial charge in [-0.2, -0.15) is 4.31 Å². The third-order valence-electron chi connectivity index (χ3n) is 0.213. The van der Waals surface area contributed by atoms with Crippen LogP contribution in [-0.4, -0.2) is 25.0 Å². The van der Waals surface area contributed by atoms with Crippen LogP contribution in [0.3, 0.4) is 0 Å². The molecule has 0 heterocycles. The van der Waals surface area contributed by atoms with Gasteiger partial charge < -0.3 is 25.0 Å². The molecule has 0 spiro atoms. The maximum Gasteiger partial charge on any atom is 0.478 e. The highest BCUT2D eigenvalue weighted by Gasteiger charge is 2.27. The fraction of sp³-hybridized carbons (Fsp3) is 0. The first-order chi connectivity index (χ1) is 3.71. The summed E-state index contributed by atoms with van der Waals surface area (Å²) in [5, 5.41) is 0. The average Bonchev–Trinajstić information content (AvgIpc) is 1.14. The highest BCUT2D eigenvalue weighted by atomic mass is 31.3. The van der Waals surface area contributed by atoms with E-state index in [-0.39, 0.29) is 5.48 Å². The van der Waals surface area contributed by atoms with Crippen molar-refractivity contribution in [1.82, 2.24) is 0 Å². The lowest BCUT2D eigenvalue weighted by Crippen LogP contribution is -1.84. The average molecular weight is 196 g/mol. The van der Waals surface area contributed by atoms with Crippen molar-refractivity contribution < 1.29 is 38.5 Å². The van der Waals surface area contributed by atoms with Gasteiger partial charge in [0.15, 0.2) is 0 Å². The lowest BCUT2D eigenvalue weighted by molar-refractivity contribution is 0.225. The van der Waals surface area contributed by atoms with Crippen molar-refractivity contribution in [3.8, 4) is 0 Å². The lowest BCUT2D eigenvalue weighted by Gasteiger charge is -2.03. The third-order valence-corrected chi connectivity index (χ3v) is 1.91. The monoisotopic (exact) mass is 196 g/mol. The van der Waals surface area contributed by atoms with Crippen molar-refractivity contribution in [1.29, 1.82) is 0 Å². The SMILES string of the molecule is O.O=P(O)(O)OP(=O)(O)O. The molecule has 10 heavy (non-hydrogen) atoms. The Bertz CT molecular complexity index is 148. The number of hydrogen-bond donors (Lipinski definition) is 4. The molecular weight excluding hydrogens is 190 g/mol. The Kier molecular flexibility index (Phi) is 4.58. The summed E-state index contributed by atoms with van der Waals surface area (Å²) in [6.07, 6.45) is 0. The largest absolute Gasteiger partial charge is 0.478 e. The van der Waals surface area contributed by atoms with E-state index in [0.29, 0.717) is 0 Å². The molecule has 8 nitrogen and oxygen atoms in total. The minimum Gasteiger partial charge on any atom is -0.412 e. The Morgan fingerprint density at radius 1 is 0.900 bits per heavy atom. The van der Waals surface area contributed by atoms with Gasteiger partial charge in [0.2, 0.25) is 0 Å². The topological polar surface area (TPSA) is 156 Å². The maximum absolute atomic E-state index is 9.63. The number of rotatable bonds is 2. The summed E-state index contributed by atoms with van der Waals surface area (Å²) in [4.78, 5) is 31.0. The van der Waals surface area contributed by atoms with Crippen LogP contribution in [0.15, 0.2) is 0 Å². The molecule has 10 heteroatoms. The van der Waals surface area contributed by atoms with Gasteiger partial charge in [-0.05, 0) is 0 Å². The van der Waals surface area contributed by atoms with E-state index < -0.39 is 15.6 Å². The fourth-order valence-electron chi connectivity index (χ4n) is 0.139. The van der Waals surface area contributed by atoms with Crippen LogP contribution in [0, 0.1) is 0 Å². The van der Waals surface area contributed by atoms with Crippen molar-refractivity contribution in [3.05, 3.63) is 0 Å². The molecule has 0 aromatic rings. The molecule has 0 bridgehead atoms. The molecule has 0 atom stereocenters. The van der Waals surface area contributed by atoms with E-state index in [0.717, 1.165) is 0 Å². The first-order valence-electron chi connectivity index (χ1n) is 1.53. The van der Waals surface area contributed by atoms with E-state index >= 15 is 0 Å². The molecule has 0 aromatic carbocycles. The molecule has 0 rings (SSSR count). The van der Waals surface area contributed by atoms with Crippen LogP contribution >= 0.6 is 15.6 Å². The normalized spacial score (nSPS) is 12.4. The zero-order valence-corrected chi connectivity index (χ0v) is 6.20. The predicted molar refractivity (Wildman–Crippen MR) is 28.8 cm³/mol. The Morgan fingerprint density at radius 2 is 1.10 bits per heavy atom. The van der Waals surface area contributed by atoms with Crippen molar-refractivity contribution in [3.63, 3.8) is 0 Å². The molecule has 0 aliphatic rings. The Morgan fingerprint density at radius 3 is 1.10 bits per heavy atom. The van der Waals surface area contributed by atoms with E-state index in [1.54, 1.807) is 0 Å². The fourth-order valence-corrected chi connectivity index (χ4v) is 1.25. The van der Waals surface area contributed by atoms with Gasteiger partial charge in [-0.25, -0.2) is 9.13 Å². The molecule has 0 saturated heterocycles. The molecule has 0 unspecified atom stereocenters. The van der Waals surface area contributed by atoms with Gasteiger partial charge in [0.1, 0.15) is 0 Å². The second-order valence-corrected chi connectivity index (χ2v) is 3.68. The minimum absolute atomic E-state index is 0. The van der Waals surface area contributed by atoms with Gasteiger partial charge in [0.25, 0.3) is 0 Å². The van der Waals surface area contributed by atoms with Crippen molar-refractivity contribution >= 4 is 15.6 Å². The van der Waals surface area contributed by atoms with Crippen LogP contribution in [0.1, 0.15) is 0 Å². The van der Waals surface area contributed by atoms with Gasteiger partial charge in [0.05, 0.1) is 0 Å². The first-order valence-corrected chi connectivity index (χ1v) is 4.59.